The zero-order chi connectivity index (χ0) is 16.8. The van der Waals surface area contributed by atoms with E-state index in [2.05, 4.69) is 6.92 Å². The van der Waals surface area contributed by atoms with E-state index in [0.29, 0.717) is 23.2 Å². The van der Waals surface area contributed by atoms with Crippen LogP contribution in [-0.4, -0.2) is 16.3 Å². The minimum absolute atomic E-state index is 0.0131. The fraction of sp³-hybridized carbons (Fsp3) is 0.500. The van der Waals surface area contributed by atoms with Gasteiger partial charge in [0, 0.05) is 18.1 Å². The number of hydrogen-bond donors (Lipinski definition) is 2. The Hall–Kier alpha value is -2.17. The van der Waals surface area contributed by atoms with Crippen LogP contribution >= 0.6 is 0 Å². The van der Waals surface area contributed by atoms with Crippen molar-refractivity contribution in [2.75, 3.05) is 12.3 Å². The molecule has 0 radical (unpaired) electrons. The Morgan fingerprint density at radius 2 is 1.87 bits per heavy atom. The van der Waals surface area contributed by atoms with Crippen molar-refractivity contribution in [3.8, 4) is 11.5 Å². The molecule has 0 spiro atoms. The molecule has 2 rings (SSSR count). The van der Waals surface area contributed by atoms with Crippen molar-refractivity contribution in [1.29, 1.82) is 0 Å². The van der Waals surface area contributed by atoms with Crippen LogP contribution in [0.2, 0.25) is 0 Å². The molecule has 126 valence electrons. The van der Waals surface area contributed by atoms with E-state index in [1.807, 2.05) is 0 Å². The lowest BCUT2D eigenvalue weighted by molar-refractivity contribution is 0.284. The summed E-state index contributed by atoms with van der Waals surface area (Å²) in [6, 6.07) is 5.09. The Bertz CT molecular complexity index is 722. The quantitative estimate of drug-likeness (QED) is 0.576. The van der Waals surface area contributed by atoms with E-state index < -0.39 is 0 Å². The first kappa shape index (κ1) is 17.2. The fourth-order valence-corrected chi connectivity index (χ4v) is 2.71. The standard InChI is InChI=1S/C18H26N2O3/c1-3-4-5-6-7-8-11-23-17-16(21)14-12-13(19)9-10-15(14)20(2)18(17)22/h9-10,12,21H,3-8,11,19H2,1-2H3. The van der Waals surface area contributed by atoms with Crippen molar-refractivity contribution in [3.63, 3.8) is 0 Å². The number of anilines is 1. The lowest BCUT2D eigenvalue weighted by Crippen LogP contribution is -2.20. The smallest absolute Gasteiger partial charge is 0.297 e. The summed E-state index contributed by atoms with van der Waals surface area (Å²) in [5.41, 5.74) is 6.61. The number of aromatic nitrogens is 1. The van der Waals surface area contributed by atoms with Gasteiger partial charge in [-0.05, 0) is 24.6 Å². The second kappa shape index (κ2) is 7.90. The number of nitrogens with two attached hydrogens (primary N) is 1. The molecular weight excluding hydrogens is 292 g/mol. The Morgan fingerprint density at radius 1 is 1.17 bits per heavy atom. The number of unbranched alkanes of at least 4 members (excludes halogenated alkanes) is 5. The molecule has 0 saturated carbocycles. The van der Waals surface area contributed by atoms with Gasteiger partial charge in [-0.25, -0.2) is 0 Å². The summed E-state index contributed by atoms with van der Waals surface area (Å²) < 4.78 is 7.06. The Morgan fingerprint density at radius 3 is 2.61 bits per heavy atom. The summed E-state index contributed by atoms with van der Waals surface area (Å²) in [5, 5.41) is 10.9. The first-order chi connectivity index (χ1) is 11.1. The molecule has 1 heterocycles. The second-order valence-corrected chi connectivity index (χ2v) is 5.93. The van der Waals surface area contributed by atoms with Crippen LogP contribution in [0.1, 0.15) is 45.4 Å². The highest BCUT2D eigenvalue weighted by Gasteiger charge is 2.16. The van der Waals surface area contributed by atoms with Crippen molar-refractivity contribution >= 4 is 16.6 Å². The largest absolute Gasteiger partial charge is 0.504 e. The molecule has 23 heavy (non-hydrogen) atoms. The normalized spacial score (nSPS) is 11.0. The van der Waals surface area contributed by atoms with E-state index in [1.165, 1.54) is 30.3 Å². The summed E-state index contributed by atoms with van der Waals surface area (Å²) in [5.74, 6) is -0.111. The predicted molar refractivity (Wildman–Crippen MR) is 94.1 cm³/mol. The molecule has 0 fully saturated rings. The van der Waals surface area contributed by atoms with Gasteiger partial charge in [-0.15, -0.1) is 0 Å². The number of rotatable bonds is 8. The molecule has 0 unspecified atom stereocenters. The molecule has 0 aliphatic carbocycles. The Labute approximate surface area is 136 Å². The molecule has 1 aromatic carbocycles. The van der Waals surface area contributed by atoms with Crippen LogP contribution in [-0.2, 0) is 7.05 Å². The predicted octanol–water partition coefficient (Wildman–Crippen LogP) is 3.57. The number of pyridine rings is 1. The van der Waals surface area contributed by atoms with Crippen LogP contribution in [0.4, 0.5) is 5.69 Å². The number of nitrogens with zero attached hydrogens (tertiary/aromatic N) is 1. The van der Waals surface area contributed by atoms with Crippen molar-refractivity contribution in [1.82, 2.24) is 4.57 Å². The zero-order valence-electron chi connectivity index (χ0n) is 14.0. The molecular formula is C18H26N2O3. The van der Waals surface area contributed by atoms with Gasteiger partial charge in [-0.3, -0.25) is 4.79 Å². The molecule has 0 aliphatic heterocycles. The van der Waals surface area contributed by atoms with E-state index in [4.69, 9.17) is 10.5 Å². The zero-order valence-corrected chi connectivity index (χ0v) is 14.0. The first-order valence-corrected chi connectivity index (χ1v) is 8.30. The van der Waals surface area contributed by atoms with Crippen LogP contribution in [0.3, 0.4) is 0 Å². The summed E-state index contributed by atoms with van der Waals surface area (Å²) in [4.78, 5) is 12.3. The molecule has 5 nitrogen and oxygen atoms in total. The van der Waals surface area contributed by atoms with Gasteiger partial charge in [0.2, 0.25) is 5.75 Å². The van der Waals surface area contributed by atoms with Crippen LogP contribution in [0.15, 0.2) is 23.0 Å². The van der Waals surface area contributed by atoms with Gasteiger partial charge >= 0.3 is 0 Å². The molecule has 0 aliphatic rings. The van der Waals surface area contributed by atoms with Gasteiger partial charge in [0.1, 0.15) is 0 Å². The number of benzene rings is 1. The minimum atomic E-state index is -0.328. The van der Waals surface area contributed by atoms with Gasteiger partial charge in [0.15, 0.2) is 5.75 Å². The van der Waals surface area contributed by atoms with Gasteiger partial charge in [-0.2, -0.15) is 0 Å². The third-order valence-electron chi connectivity index (χ3n) is 4.10. The van der Waals surface area contributed by atoms with Crippen LogP contribution in [0, 0.1) is 0 Å². The lowest BCUT2D eigenvalue weighted by Gasteiger charge is -2.13. The number of aromatic hydroxyl groups is 1. The Balaban J connectivity index is 2.10. The van der Waals surface area contributed by atoms with Crippen molar-refractivity contribution in [3.05, 3.63) is 28.6 Å². The molecule has 5 heteroatoms. The number of fused-ring (bicyclic) bond motifs is 1. The SMILES string of the molecule is CCCCCCCCOc1c(O)c2cc(N)ccc2n(C)c1=O. The highest BCUT2D eigenvalue weighted by molar-refractivity contribution is 5.89. The highest BCUT2D eigenvalue weighted by Crippen LogP contribution is 2.32. The van der Waals surface area contributed by atoms with E-state index in [1.54, 1.807) is 25.2 Å². The maximum Gasteiger partial charge on any atom is 0.297 e. The number of hydrogen-bond acceptors (Lipinski definition) is 4. The minimum Gasteiger partial charge on any atom is -0.504 e. The van der Waals surface area contributed by atoms with E-state index >= 15 is 0 Å². The fourth-order valence-electron chi connectivity index (χ4n) is 2.71. The average molecular weight is 318 g/mol. The third kappa shape index (κ3) is 3.97. The number of ether oxygens (including phenoxy) is 1. The number of nitrogen functional groups attached to an aromatic ring is 1. The Kier molecular flexibility index (Phi) is 5.90. The molecule has 0 saturated heterocycles. The third-order valence-corrected chi connectivity index (χ3v) is 4.10. The molecule has 0 atom stereocenters. The maximum atomic E-state index is 12.3. The van der Waals surface area contributed by atoms with E-state index in [0.717, 1.165) is 12.8 Å². The summed E-state index contributed by atoms with van der Waals surface area (Å²) in [7, 11) is 1.66. The van der Waals surface area contributed by atoms with E-state index in [-0.39, 0.29) is 17.1 Å². The monoisotopic (exact) mass is 318 g/mol. The first-order valence-electron chi connectivity index (χ1n) is 8.30. The van der Waals surface area contributed by atoms with Gasteiger partial charge in [0.05, 0.1) is 12.1 Å². The molecule has 0 bridgehead atoms. The van der Waals surface area contributed by atoms with Crippen molar-refractivity contribution in [2.24, 2.45) is 7.05 Å². The second-order valence-electron chi connectivity index (χ2n) is 5.93. The molecule has 1 aromatic heterocycles. The van der Waals surface area contributed by atoms with Crippen LogP contribution in [0.5, 0.6) is 11.5 Å². The highest BCUT2D eigenvalue weighted by atomic mass is 16.5. The summed E-state index contributed by atoms with van der Waals surface area (Å²) in [6.07, 6.45) is 6.84. The lowest BCUT2D eigenvalue weighted by atomic mass is 10.1. The topological polar surface area (TPSA) is 77.5 Å². The maximum absolute atomic E-state index is 12.3. The molecule has 2 aromatic rings. The molecule has 3 N–H and O–H groups in total. The van der Waals surface area contributed by atoms with Crippen molar-refractivity contribution < 1.29 is 9.84 Å². The van der Waals surface area contributed by atoms with E-state index in [9.17, 15) is 9.90 Å². The van der Waals surface area contributed by atoms with Gasteiger partial charge in [-0.1, -0.05) is 39.0 Å². The van der Waals surface area contributed by atoms with Crippen molar-refractivity contribution in [2.45, 2.75) is 45.4 Å². The van der Waals surface area contributed by atoms with Crippen LogP contribution in [0.25, 0.3) is 10.9 Å². The van der Waals surface area contributed by atoms with Crippen LogP contribution < -0.4 is 16.0 Å². The van der Waals surface area contributed by atoms with Gasteiger partial charge < -0.3 is 20.1 Å². The van der Waals surface area contributed by atoms with Gasteiger partial charge in [0.25, 0.3) is 5.56 Å². The average Bonchev–Trinajstić information content (AvgIpc) is 2.54. The number of aryl methyl sites for hydroxylation is 1. The summed E-state index contributed by atoms with van der Waals surface area (Å²) >= 11 is 0. The molecule has 0 amide bonds. The summed E-state index contributed by atoms with van der Waals surface area (Å²) in [6.45, 7) is 2.62.